The van der Waals surface area contributed by atoms with Crippen LogP contribution in [0, 0.1) is 0 Å². The Labute approximate surface area is 139 Å². The molecule has 9 atom stereocenters. The fourth-order valence-electron chi connectivity index (χ4n) is 2.26. The number of hydrogen-bond donors (Lipinski definition) is 8. The van der Waals surface area contributed by atoms with Crippen molar-refractivity contribution in [3.8, 4) is 0 Å². The van der Waals surface area contributed by atoms with Crippen molar-refractivity contribution < 1.29 is 63.3 Å². The van der Waals surface area contributed by atoms with Crippen LogP contribution < -0.4 is 0 Å². The van der Waals surface area contributed by atoms with Crippen LogP contribution in [0.4, 0.5) is 0 Å². The van der Waals surface area contributed by atoms with E-state index in [1.165, 1.54) is 0 Å². The molecule has 136 valence electrons. The lowest BCUT2D eigenvalue weighted by Gasteiger charge is -2.43. The molecule has 0 bridgehead atoms. The van der Waals surface area contributed by atoms with Gasteiger partial charge in [-0.3, -0.25) is 0 Å². The molecule has 2 aliphatic heterocycles. The fourth-order valence-corrected chi connectivity index (χ4v) is 2.26. The van der Waals surface area contributed by atoms with Gasteiger partial charge in [-0.15, -0.1) is 0 Å². The second-order valence-electron chi connectivity index (χ2n) is 5.03. The first kappa shape index (κ1) is 12.0. The van der Waals surface area contributed by atoms with Gasteiger partial charge >= 0.3 is 0 Å². The van der Waals surface area contributed by atoms with E-state index in [4.69, 9.17) is 22.4 Å². The number of aliphatic hydroxyl groups excluding tert-OH is 5. The number of ether oxygens (including phenoxy) is 3. The quantitative estimate of drug-likeness (QED) is 0.237. The summed E-state index contributed by atoms with van der Waals surface area (Å²) in [6, 6.07) is 0. The maximum absolute atomic E-state index is 10.2. The van der Waals surface area contributed by atoms with Gasteiger partial charge in [0.2, 0.25) is 5.79 Å². The molecular weight excluding hydrogens is 320 g/mol. The van der Waals surface area contributed by atoms with Crippen LogP contribution in [-0.4, -0.2) is 115 Å². The van der Waals surface area contributed by atoms with Gasteiger partial charge in [-0.25, -0.2) is 0 Å². The molecule has 8 N–H and O–H groups in total. The molecule has 0 aromatic rings. The zero-order valence-corrected chi connectivity index (χ0v) is 11.4. The zero-order valence-electron chi connectivity index (χ0n) is 17.4. The van der Waals surface area contributed by atoms with Crippen LogP contribution in [0.3, 0.4) is 0 Å². The molecule has 2 fully saturated rings. The Balaban J connectivity index is 2.43. The summed E-state index contributed by atoms with van der Waals surface area (Å²) in [5.41, 5.74) is 0. The lowest BCUT2D eigenvalue weighted by molar-refractivity contribution is -0.383. The maximum atomic E-state index is 10.2. The van der Waals surface area contributed by atoms with E-state index in [2.05, 4.69) is 0 Å². The summed E-state index contributed by atoms with van der Waals surface area (Å²) < 4.78 is 58.2. The minimum atomic E-state index is -3.76. The Morgan fingerprint density at radius 3 is 1.96 bits per heavy atom. The summed E-state index contributed by atoms with van der Waals surface area (Å²) in [5.74, 6) is -3.42. The summed E-state index contributed by atoms with van der Waals surface area (Å²) in [6.07, 6.45) is -18.7. The molecule has 3 unspecified atom stereocenters. The number of hydrogen-bond acceptors (Lipinski definition) is 11. The van der Waals surface area contributed by atoms with E-state index in [0.29, 0.717) is 0 Å². The summed E-state index contributed by atoms with van der Waals surface area (Å²) in [4.78, 5) is 0. The maximum Gasteiger partial charge on any atom is 0.224 e. The van der Waals surface area contributed by atoms with Crippen LogP contribution in [0.2, 0.25) is 0 Å². The highest BCUT2D eigenvalue weighted by molar-refractivity contribution is 4.98. The largest absolute Gasteiger partial charge is 0.394 e. The molecule has 11 nitrogen and oxygen atoms in total. The summed E-state index contributed by atoms with van der Waals surface area (Å²) in [5, 5.41) is 78.5. The molecule has 0 saturated carbocycles. The van der Waals surface area contributed by atoms with Crippen LogP contribution in [0.25, 0.3) is 0 Å². The standard InChI is InChI=1S/C12H22O11/c13-1-4-6(16)8(18)9(19)11(21-4)23-12(3-15)10(20)7(17)5(2-14)22-12/h4-11,13-20H,1-3H2/t4?,5-,6-,7+,8+,9?,10?,11+,12+/m1/s1/i1D2,2D2,3D2. The highest BCUT2D eigenvalue weighted by Crippen LogP contribution is 2.35. The van der Waals surface area contributed by atoms with Gasteiger partial charge in [0.05, 0.1) is 21.3 Å². The molecule has 0 amide bonds. The summed E-state index contributed by atoms with van der Waals surface area (Å²) in [7, 11) is 0. The first-order valence-electron chi connectivity index (χ1n) is 9.43. The van der Waals surface area contributed by atoms with Gasteiger partial charge in [0.1, 0.15) is 49.3 Å². The minimum Gasteiger partial charge on any atom is -0.394 e. The van der Waals surface area contributed by atoms with E-state index >= 15 is 0 Å². The van der Waals surface area contributed by atoms with Gasteiger partial charge in [0.25, 0.3) is 0 Å². The monoisotopic (exact) mass is 348 g/mol. The van der Waals surface area contributed by atoms with Gasteiger partial charge in [-0.1, -0.05) is 0 Å². The van der Waals surface area contributed by atoms with Crippen molar-refractivity contribution in [3.63, 3.8) is 0 Å². The second-order valence-corrected chi connectivity index (χ2v) is 5.03. The third kappa shape index (κ3) is 3.23. The van der Waals surface area contributed by atoms with E-state index in [9.17, 15) is 40.9 Å². The van der Waals surface area contributed by atoms with Crippen LogP contribution in [0.15, 0.2) is 0 Å². The smallest absolute Gasteiger partial charge is 0.224 e. The zero-order chi connectivity index (χ0) is 22.7. The van der Waals surface area contributed by atoms with Gasteiger partial charge in [0, 0.05) is 0 Å². The summed E-state index contributed by atoms with van der Waals surface area (Å²) >= 11 is 0. The van der Waals surface area contributed by atoms with E-state index in [-0.39, 0.29) is 0 Å². The van der Waals surface area contributed by atoms with Crippen molar-refractivity contribution in [2.45, 2.75) is 54.8 Å². The Bertz CT molecular complexity index is 594. The van der Waals surface area contributed by atoms with E-state index in [0.717, 1.165) is 0 Å². The molecule has 0 spiro atoms. The Morgan fingerprint density at radius 1 is 0.870 bits per heavy atom. The second kappa shape index (κ2) is 7.21. The fraction of sp³-hybridized carbons (Fsp3) is 1.00. The van der Waals surface area contributed by atoms with Crippen LogP contribution >= 0.6 is 0 Å². The van der Waals surface area contributed by atoms with Crippen molar-refractivity contribution in [2.75, 3.05) is 19.7 Å². The minimum absolute atomic E-state index is 2.19. The first-order chi connectivity index (χ1) is 12.8. The van der Waals surface area contributed by atoms with Gasteiger partial charge < -0.3 is 55.1 Å². The molecule has 2 saturated heterocycles. The molecule has 0 aromatic carbocycles. The predicted molar refractivity (Wildman–Crippen MR) is 68.6 cm³/mol. The molecule has 0 radical (unpaired) electrons. The molecule has 2 aliphatic rings. The van der Waals surface area contributed by atoms with Gasteiger partial charge in [0.15, 0.2) is 6.29 Å². The molecule has 11 heteroatoms. The molecule has 0 aliphatic carbocycles. The van der Waals surface area contributed by atoms with E-state index in [1.807, 2.05) is 0 Å². The average molecular weight is 348 g/mol. The molecule has 2 rings (SSSR count). The normalized spacial score (nSPS) is 56.9. The van der Waals surface area contributed by atoms with Crippen molar-refractivity contribution in [1.82, 2.24) is 0 Å². The lowest BCUT2D eigenvalue weighted by atomic mass is 9.99. The molecular formula is C12H22O11. The third-order valence-corrected chi connectivity index (χ3v) is 3.60. The SMILES string of the molecule is [2H]C([2H])(O)C1O[C@@H](O[C@]2(C([2H])([2H])O)O[C@H](C([2H])([2H])O)[C@H](O)C2O)C(O)[C@@H](O)[C@@H]1O. The Hall–Kier alpha value is -0.440. The Morgan fingerprint density at radius 2 is 1.48 bits per heavy atom. The topological polar surface area (TPSA) is 190 Å². The molecule has 0 aromatic heterocycles. The lowest BCUT2D eigenvalue weighted by Crippen LogP contribution is -2.62. The summed E-state index contributed by atoms with van der Waals surface area (Å²) in [6.45, 7) is -10.4. The molecule has 23 heavy (non-hydrogen) atoms. The highest BCUT2D eigenvalue weighted by atomic mass is 16.8. The van der Waals surface area contributed by atoms with Crippen LogP contribution in [-0.2, 0) is 14.2 Å². The van der Waals surface area contributed by atoms with Gasteiger partial charge in [-0.2, -0.15) is 0 Å². The first-order valence-corrected chi connectivity index (χ1v) is 6.43. The number of rotatable bonds is 5. The van der Waals surface area contributed by atoms with E-state index < -0.39 is 74.5 Å². The van der Waals surface area contributed by atoms with Crippen molar-refractivity contribution in [3.05, 3.63) is 0 Å². The predicted octanol–water partition coefficient (Wildman–Crippen LogP) is -5.40. The van der Waals surface area contributed by atoms with E-state index in [1.54, 1.807) is 0 Å². The third-order valence-electron chi connectivity index (χ3n) is 3.60. The van der Waals surface area contributed by atoms with Crippen molar-refractivity contribution >= 4 is 0 Å². The van der Waals surface area contributed by atoms with Gasteiger partial charge in [-0.05, 0) is 0 Å². The van der Waals surface area contributed by atoms with Crippen molar-refractivity contribution in [1.29, 1.82) is 0 Å². The Kier molecular flexibility index (Phi) is 3.76. The van der Waals surface area contributed by atoms with Crippen LogP contribution in [0.1, 0.15) is 8.22 Å². The number of aliphatic hydroxyl groups is 8. The van der Waals surface area contributed by atoms with Crippen LogP contribution in [0.5, 0.6) is 0 Å². The van der Waals surface area contributed by atoms with Crippen molar-refractivity contribution in [2.24, 2.45) is 0 Å². The average Bonchev–Trinajstić information content (AvgIpc) is 2.79. The highest BCUT2D eigenvalue weighted by Gasteiger charge is 2.58. The molecule has 2 heterocycles.